The number of rotatable bonds is 5. The summed E-state index contributed by atoms with van der Waals surface area (Å²) in [6.45, 7) is 0.296. The number of aliphatic hydroxyl groups is 2. The van der Waals surface area contributed by atoms with Crippen LogP contribution in [0.4, 0.5) is 14.5 Å². The normalized spacial score (nSPS) is 33.1. The number of terminal acetylenes is 1. The van der Waals surface area contributed by atoms with E-state index >= 15 is 0 Å². The lowest BCUT2D eigenvalue weighted by molar-refractivity contribution is -0.132. The zero-order valence-electron chi connectivity index (χ0n) is 17.3. The number of benzene rings is 1. The number of anilines is 1. The minimum atomic E-state index is -1.25. The molecule has 3 fully saturated rings. The second-order valence-electron chi connectivity index (χ2n) is 8.49. The number of aliphatic hydroxyl groups excluding tert-OH is 2. The van der Waals surface area contributed by atoms with Gasteiger partial charge in [0.15, 0.2) is 0 Å². The van der Waals surface area contributed by atoms with E-state index in [1.807, 2.05) is 0 Å². The van der Waals surface area contributed by atoms with Gasteiger partial charge in [0.1, 0.15) is 18.2 Å². The van der Waals surface area contributed by atoms with Crippen molar-refractivity contribution in [2.75, 3.05) is 11.5 Å². The molecule has 32 heavy (non-hydrogen) atoms. The van der Waals surface area contributed by atoms with E-state index in [9.17, 15) is 28.6 Å². The number of carbonyl (C=O) groups is 2. The van der Waals surface area contributed by atoms with E-state index < -0.39 is 53.4 Å². The van der Waals surface area contributed by atoms with E-state index in [0.717, 1.165) is 17.0 Å². The molecule has 0 unspecified atom stereocenters. The molecular weight excluding hydrogens is 422 g/mol. The molecule has 1 heterocycles. The Kier molecular flexibility index (Phi) is 6.26. The van der Waals surface area contributed by atoms with Gasteiger partial charge in [0, 0.05) is 30.7 Å². The Labute approximate surface area is 184 Å². The molecule has 4 rings (SSSR count). The summed E-state index contributed by atoms with van der Waals surface area (Å²) in [4.78, 5) is 32.4. The molecule has 1 aromatic carbocycles. The number of hydrogen-bond donors (Lipinski definition) is 2. The number of oxime groups is 1. The van der Waals surface area contributed by atoms with Crippen LogP contribution in [0.5, 0.6) is 0 Å². The number of carbonyl (C=O) groups excluding carboxylic acids is 2. The van der Waals surface area contributed by atoms with E-state index in [1.165, 1.54) is 0 Å². The van der Waals surface area contributed by atoms with Gasteiger partial charge in [-0.1, -0.05) is 5.16 Å². The molecule has 170 valence electrons. The standard InChI is InChI=1S/C23H24F2N2O5/c1-2-3-4-9-32-26-16-11-18(28)21(29)19-13(16)6-7-14-20(19)23(31)27(22(14)30)17-8-5-12(24)10-15(17)25/h1,5,8,10,13-14,18-21,28-29H,3-4,6-7,9,11H2/t13-,14-,18-,19+,20-,21-/m1/s1. The summed E-state index contributed by atoms with van der Waals surface area (Å²) in [7, 11) is 0. The molecule has 0 spiro atoms. The number of imide groups is 1. The molecule has 3 aliphatic rings. The van der Waals surface area contributed by atoms with Crippen molar-refractivity contribution in [2.24, 2.45) is 28.8 Å². The number of amides is 2. The average Bonchev–Trinajstić information content (AvgIpc) is 3.01. The quantitative estimate of drug-likeness (QED) is 0.312. The molecule has 2 saturated carbocycles. The van der Waals surface area contributed by atoms with Crippen LogP contribution in [0.2, 0.25) is 0 Å². The van der Waals surface area contributed by atoms with Crippen LogP contribution in [0.3, 0.4) is 0 Å². The van der Waals surface area contributed by atoms with Gasteiger partial charge in [0.2, 0.25) is 11.8 Å². The van der Waals surface area contributed by atoms with Crippen LogP contribution >= 0.6 is 0 Å². The van der Waals surface area contributed by atoms with Gasteiger partial charge in [-0.05, 0) is 31.4 Å². The smallest absolute Gasteiger partial charge is 0.238 e. The van der Waals surface area contributed by atoms with Gasteiger partial charge in [-0.15, -0.1) is 12.3 Å². The second kappa shape index (κ2) is 8.96. The molecule has 2 N–H and O–H groups in total. The van der Waals surface area contributed by atoms with Gasteiger partial charge in [0.05, 0.1) is 35.4 Å². The fraction of sp³-hybridized carbons (Fsp3) is 0.522. The van der Waals surface area contributed by atoms with E-state index in [-0.39, 0.29) is 18.0 Å². The predicted octanol–water partition coefficient (Wildman–Crippen LogP) is 2.01. The Morgan fingerprint density at radius 1 is 1.19 bits per heavy atom. The maximum Gasteiger partial charge on any atom is 0.238 e. The van der Waals surface area contributed by atoms with E-state index in [0.29, 0.717) is 44.1 Å². The third-order valence-electron chi connectivity index (χ3n) is 6.67. The Morgan fingerprint density at radius 3 is 2.66 bits per heavy atom. The predicted molar refractivity (Wildman–Crippen MR) is 110 cm³/mol. The van der Waals surface area contributed by atoms with Crippen LogP contribution in [-0.4, -0.2) is 46.6 Å². The molecule has 0 aromatic heterocycles. The lowest BCUT2D eigenvalue weighted by Crippen LogP contribution is -2.54. The first-order chi connectivity index (χ1) is 15.3. The molecule has 0 bridgehead atoms. The van der Waals surface area contributed by atoms with Crippen molar-refractivity contribution in [3.8, 4) is 12.3 Å². The topological polar surface area (TPSA) is 99.4 Å². The van der Waals surface area contributed by atoms with Gasteiger partial charge in [-0.25, -0.2) is 13.7 Å². The van der Waals surface area contributed by atoms with Crippen molar-refractivity contribution in [1.29, 1.82) is 0 Å². The summed E-state index contributed by atoms with van der Waals surface area (Å²) in [6.07, 6.45) is 4.83. The van der Waals surface area contributed by atoms with Crippen molar-refractivity contribution in [3.05, 3.63) is 29.8 Å². The molecule has 1 aromatic rings. The summed E-state index contributed by atoms with van der Waals surface area (Å²) >= 11 is 0. The van der Waals surface area contributed by atoms with Crippen LogP contribution < -0.4 is 4.90 Å². The van der Waals surface area contributed by atoms with Crippen LogP contribution in [0.1, 0.15) is 32.1 Å². The summed E-state index contributed by atoms with van der Waals surface area (Å²) in [5.41, 5.74) is 0.211. The van der Waals surface area contributed by atoms with Crippen LogP contribution in [0, 0.1) is 47.6 Å². The lowest BCUT2D eigenvalue weighted by atomic mass is 9.60. The zero-order chi connectivity index (χ0) is 23.0. The Balaban J connectivity index is 1.62. The largest absolute Gasteiger partial charge is 0.396 e. The van der Waals surface area contributed by atoms with Crippen molar-refractivity contribution in [3.63, 3.8) is 0 Å². The molecule has 2 amide bonds. The third kappa shape index (κ3) is 3.78. The highest BCUT2D eigenvalue weighted by Gasteiger charge is 2.60. The Bertz CT molecular complexity index is 991. The monoisotopic (exact) mass is 446 g/mol. The summed E-state index contributed by atoms with van der Waals surface area (Å²) in [5.74, 6) is -3.42. The SMILES string of the molecule is C#CCCCON=C1C[C@@H](O)[C@@H](O)[C@@H]2[C@@H]3C(=O)N(c4ccc(F)cc4F)C(=O)[C@@H]3CC[C@H]12. The number of fused-ring (bicyclic) bond motifs is 3. The van der Waals surface area contributed by atoms with E-state index in [1.54, 1.807) is 0 Å². The molecule has 6 atom stereocenters. The first-order valence-electron chi connectivity index (χ1n) is 10.7. The van der Waals surface area contributed by atoms with Crippen LogP contribution in [0.15, 0.2) is 23.4 Å². The minimum Gasteiger partial charge on any atom is -0.396 e. The number of halogens is 2. The van der Waals surface area contributed by atoms with Crippen molar-refractivity contribution in [1.82, 2.24) is 0 Å². The maximum atomic E-state index is 14.4. The first-order valence-corrected chi connectivity index (χ1v) is 10.7. The Morgan fingerprint density at radius 2 is 1.94 bits per heavy atom. The highest BCUT2D eigenvalue weighted by atomic mass is 19.1. The maximum absolute atomic E-state index is 14.4. The van der Waals surface area contributed by atoms with Gasteiger partial charge in [-0.3, -0.25) is 9.59 Å². The first kappa shape index (κ1) is 22.4. The average molecular weight is 446 g/mol. The fourth-order valence-electron chi connectivity index (χ4n) is 5.24. The summed E-state index contributed by atoms with van der Waals surface area (Å²) < 4.78 is 27.7. The molecular formula is C23H24F2N2O5. The summed E-state index contributed by atoms with van der Waals surface area (Å²) in [6, 6.07) is 2.64. The van der Waals surface area contributed by atoms with Gasteiger partial charge in [-0.2, -0.15) is 0 Å². The van der Waals surface area contributed by atoms with E-state index in [4.69, 9.17) is 11.3 Å². The second-order valence-corrected chi connectivity index (χ2v) is 8.49. The van der Waals surface area contributed by atoms with Crippen LogP contribution in [-0.2, 0) is 14.4 Å². The van der Waals surface area contributed by atoms with Crippen molar-refractivity contribution in [2.45, 2.75) is 44.3 Å². The lowest BCUT2D eigenvalue weighted by Gasteiger charge is -2.45. The van der Waals surface area contributed by atoms with Gasteiger partial charge in [0.25, 0.3) is 0 Å². The third-order valence-corrected chi connectivity index (χ3v) is 6.67. The molecule has 7 nitrogen and oxygen atoms in total. The molecule has 0 radical (unpaired) electrons. The van der Waals surface area contributed by atoms with Crippen LogP contribution in [0.25, 0.3) is 0 Å². The molecule has 2 aliphatic carbocycles. The summed E-state index contributed by atoms with van der Waals surface area (Å²) in [5, 5.41) is 25.3. The zero-order valence-corrected chi connectivity index (χ0v) is 17.3. The highest BCUT2D eigenvalue weighted by molar-refractivity contribution is 6.22. The number of hydrogen-bond acceptors (Lipinski definition) is 6. The van der Waals surface area contributed by atoms with Crippen molar-refractivity contribution >= 4 is 23.2 Å². The molecule has 9 heteroatoms. The molecule has 1 aliphatic heterocycles. The number of unbranched alkanes of at least 4 members (excludes halogenated alkanes) is 1. The highest BCUT2D eigenvalue weighted by Crippen LogP contribution is 2.50. The molecule has 1 saturated heterocycles. The van der Waals surface area contributed by atoms with Crippen molar-refractivity contribution < 1.29 is 33.4 Å². The van der Waals surface area contributed by atoms with E-state index in [2.05, 4.69) is 11.1 Å². The Hall–Kier alpha value is -2.83. The van der Waals surface area contributed by atoms with Gasteiger partial charge < -0.3 is 15.1 Å². The number of nitrogens with zero attached hydrogens (tertiary/aromatic N) is 2. The fourth-order valence-corrected chi connectivity index (χ4v) is 5.24. The van der Waals surface area contributed by atoms with Gasteiger partial charge >= 0.3 is 0 Å². The minimum absolute atomic E-state index is 0.0906.